The Morgan fingerprint density at radius 3 is 1.35 bits per heavy atom. The van der Waals surface area contributed by atoms with E-state index in [4.69, 9.17) is 0 Å². The first kappa shape index (κ1) is 18.5. The Bertz CT molecular complexity index is 264. The maximum absolute atomic E-state index is 9.34. The number of fused-ring (bicyclic) bond motifs is 4. The highest BCUT2D eigenvalue weighted by Gasteiger charge is 2.35. The quantitative estimate of drug-likeness (QED) is 0.543. The molecule has 0 unspecified atom stereocenters. The van der Waals surface area contributed by atoms with Crippen LogP contribution in [0.4, 0.5) is 0 Å². The van der Waals surface area contributed by atoms with E-state index < -0.39 is 0 Å². The van der Waals surface area contributed by atoms with Gasteiger partial charge in [-0.3, -0.25) is 0 Å². The van der Waals surface area contributed by atoms with Crippen LogP contribution in [0.1, 0.15) is 51.4 Å². The first-order valence-corrected chi connectivity index (χ1v) is 7.60. The molecule has 4 heterocycles. The SMILES string of the molecule is Cl.Cl.O[C@@H]1C[C@@H]2CCC[C@H]1N2.O[C@H]1C[C@H]2CCC[C@@H]1N2. The Balaban J connectivity index is 0.000000182. The van der Waals surface area contributed by atoms with Crippen molar-refractivity contribution in [3.63, 3.8) is 0 Å². The summed E-state index contributed by atoms with van der Waals surface area (Å²) in [6.07, 6.45) is 9.40. The maximum atomic E-state index is 9.34. The van der Waals surface area contributed by atoms with Gasteiger partial charge in [-0.25, -0.2) is 0 Å². The molecule has 0 aromatic heterocycles. The second-order valence-electron chi connectivity index (χ2n) is 6.41. The number of aliphatic hydroxyl groups is 2. The smallest absolute Gasteiger partial charge is 0.0708 e. The highest BCUT2D eigenvalue weighted by atomic mass is 35.5. The molecule has 0 aromatic rings. The van der Waals surface area contributed by atoms with Crippen LogP contribution in [0.2, 0.25) is 0 Å². The molecule has 4 saturated heterocycles. The lowest BCUT2D eigenvalue weighted by Gasteiger charge is -2.20. The zero-order chi connectivity index (χ0) is 12.5. The highest BCUT2D eigenvalue weighted by molar-refractivity contribution is 5.85. The van der Waals surface area contributed by atoms with Gasteiger partial charge in [0.1, 0.15) is 0 Å². The van der Waals surface area contributed by atoms with Gasteiger partial charge in [-0.15, -0.1) is 24.8 Å². The summed E-state index contributed by atoms with van der Waals surface area (Å²) < 4.78 is 0. The van der Waals surface area contributed by atoms with Crippen LogP contribution >= 0.6 is 24.8 Å². The van der Waals surface area contributed by atoms with E-state index in [1.54, 1.807) is 0 Å². The number of hydrogen-bond acceptors (Lipinski definition) is 4. The van der Waals surface area contributed by atoms with E-state index in [1.807, 2.05) is 0 Å². The fourth-order valence-electron chi connectivity index (χ4n) is 4.00. The number of piperidine rings is 2. The predicted molar refractivity (Wildman–Crippen MR) is 84.9 cm³/mol. The summed E-state index contributed by atoms with van der Waals surface area (Å²) in [4.78, 5) is 0. The number of nitrogens with one attached hydrogen (secondary N) is 2. The first-order valence-electron chi connectivity index (χ1n) is 7.60. The first-order chi connectivity index (χ1) is 8.72. The molecule has 4 rings (SSSR count). The molecular weight excluding hydrogens is 299 g/mol. The second-order valence-corrected chi connectivity index (χ2v) is 6.41. The Hall–Kier alpha value is 0.420. The van der Waals surface area contributed by atoms with E-state index in [2.05, 4.69) is 10.6 Å². The summed E-state index contributed by atoms with van der Waals surface area (Å²) in [7, 11) is 0. The Kier molecular flexibility index (Phi) is 7.53. The summed E-state index contributed by atoms with van der Waals surface area (Å²) in [6.45, 7) is 0. The number of hydrogen-bond donors (Lipinski definition) is 4. The third kappa shape index (κ3) is 4.21. The Labute approximate surface area is 133 Å². The summed E-state index contributed by atoms with van der Waals surface area (Å²) in [5, 5.41) is 25.5. The Morgan fingerprint density at radius 2 is 1.05 bits per heavy atom. The normalized spacial score (nSPS) is 44.7. The molecule has 4 aliphatic heterocycles. The summed E-state index contributed by atoms with van der Waals surface area (Å²) >= 11 is 0. The van der Waals surface area contributed by atoms with Crippen molar-refractivity contribution >= 4 is 24.8 Å². The fraction of sp³-hybridized carbons (Fsp3) is 1.00. The van der Waals surface area contributed by atoms with E-state index in [1.165, 1.54) is 38.5 Å². The number of aliphatic hydroxyl groups excluding tert-OH is 2. The van der Waals surface area contributed by atoms with Crippen LogP contribution in [-0.2, 0) is 0 Å². The topological polar surface area (TPSA) is 64.5 Å². The molecule has 4 nitrogen and oxygen atoms in total. The lowest BCUT2D eigenvalue weighted by atomic mass is 10.1. The molecule has 4 N–H and O–H groups in total. The van der Waals surface area contributed by atoms with Crippen LogP contribution in [0.15, 0.2) is 0 Å². The largest absolute Gasteiger partial charge is 0.391 e. The van der Waals surface area contributed by atoms with Crippen molar-refractivity contribution in [3.05, 3.63) is 0 Å². The molecule has 120 valence electrons. The van der Waals surface area contributed by atoms with E-state index in [0.717, 1.165) is 12.8 Å². The molecule has 0 aromatic carbocycles. The third-order valence-electron chi connectivity index (χ3n) is 5.02. The zero-order valence-electron chi connectivity index (χ0n) is 11.8. The van der Waals surface area contributed by atoms with E-state index >= 15 is 0 Å². The fourth-order valence-corrected chi connectivity index (χ4v) is 4.00. The average molecular weight is 327 g/mol. The third-order valence-corrected chi connectivity index (χ3v) is 5.02. The Morgan fingerprint density at radius 1 is 0.650 bits per heavy atom. The van der Waals surface area contributed by atoms with Crippen molar-refractivity contribution in [2.45, 2.75) is 87.7 Å². The van der Waals surface area contributed by atoms with Crippen LogP contribution < -0.4 is 10.6 Å². The average Bonchev–Trinajstić information content (AvgIpc) is 2.77. The van der Waals surface area contributed by atoms with E-state index in [9.17, 15) is 10.2 Å². The van der Waals surface area contributed by atoms with Gasteiger partial charge in [0.25, 0.3) is 0 Å². The molecule has 0 saturated carbocycles. The minimum Gasteiger partial charge on any atom is -0.391 e. The standard InChI is InChI=1S/2C7H13NO.2ClH/c2*9-7-4-5-2-1-3-6(7)8-5;;/h2*5-9H,1-4H2;2*1H/t2*5-,6+,7+;;/m10../s1. The highest BCUT2D eigenvalue weighted by Crippen LogP contribution is 2.27. The van der Waals surface area contributed by atoms with Crippen LogP contribution in [0.3, 0.4) is 0 Å². The minimum atomic E-state index is -0.0440. The van der Waals surface area contributed by atoms with Crippen LogP contribution in [0.25, 0.3) is 0 Å². The van der Waals surface area contributed by atoms with Crippen LogP contribution in [0.5, 0.6) is 0 Å². The lowest BCUT2D eigenvalue weighted by Crippen LogP contribution is -2.36. The van der Waals surface area contributed by atoms with Crippen molar-refractivity contribution < 1.29 is 10.2 Å². The molecule has 0 aliphatic carbocycles. The molecule has 0 amide bonds. The summed E-state index contributed by atoms with van der Waals surface area (Å²) in [6, 6.07) is 2.14. The second kappa shape index (κ2) is 8.16. The van der Waals surface area contributed by atoms with Gasteiger partial charge in [0.2, 0.25) is 0 Å². The molecule has 20 heavy (non-hydrogen) atoms. The molecule has 0 radical (unpaired) electrons. The molecular formula is C14H28Cl2N2O2. The minimum absolute atomic E-state index is 0. The van der Waals surface area contributed by atoms with Crippen molar-refractivity contribution in [3.8, 4) is 0 Å². The van der Waals surface area contributed by atoms with Crippen molar-refractivity contribution in [1.29, 1.82) is 0 Å². The maximum Gasteiger partial charge on any atom is 0.0708 e. The van der Waals surface area contributed by atoms with Gasteiger partial charge in [-0.2, -0.15) is 0 Å². The van der Waals surface area contributed by atoms with Crippen LogP contribution in [-0.4, -0.2) is 46.6 Å². The van der Waals surface area contributed by atoms with Gasteiger partial charge in [0.05, 0.1) is 12.2 Å². The molecule has 4 bridgehead atoms. The van der Waals surface area contributed by atoms with Gasteiger partial charge < -0.3 is 20.8 Å². The van der Waals surface area contributed by atoms with E-state index in [0.29, 0.717) is 24.2 Å². The lowest BCUT2D eigenvalue weighted by molar-refractivity contribution is 0.156. The van der Waals surface area contributed by atoms with Crippen LogP contribution in [0, 0.1) is 0 Å². The molecule has 0 spiro atoms. The van der Waals surface area contributed by atoms with E-state index in [-0.39, 0.29) is 37.0 Å². The van der Waals surface area contributed by atoms with Gasteiger partial charge in [-0.1, -0.05) is 12.8 Å². The predicted octanol–water partition coefficient (Wildman–Crippen LogP) is 1.37. The molecule has 4 fully saturated rings. The van der Waals surface area contributed by atoms with Gasteiger partial charge in [-0.05, 0) is 38.5 Å². The molecule has 6 heteroatoms. The summed E-state index contributed by atoms with van der Waals surface area (Å²) in [5.41, 5.74) is 0. The van der Waals surface area contributed by atoms with Crippen molar-refractivity contribution in [2.24, 2.45) is 0 Å². The zero-order valence-corrected chi connectivity index (χ0v) is 13.5. The van der Waals surface area contributed by atoms with Gasteiger partial charge in [0.15, 0.2) is 0 Å². The number of halogens is 2. The summed E-state index contributed by atoms with van der Waals surface area (Å²) in [5.74, 6) is 0. The molecule has 6 atom stereocenters. The monoisotopic (exact) mass is 326 g/mol. The molecule has 4 aliphatic rings. The van der Waals surface area contributed by atoms with Gasteiger partial charge in [0, 0.05) is 24.2 Å². The number of rotatable bonds is 0. The van der Waals surface area contributed by atoms with Crippen molar-refractivity contribution in [2.75, 3.05) is 0 Å². The van der Waals surface area contributed by atoms with Crippen molar-refractivity contribution in [1.82, 2.24) is 10.6 Å². The van der Waals surface area contributed by atoms with Gasteiger partial charge >= 0.3 is 0 Å².